The lowest BCUT2D eigenvalue weighted by Crippen LogP contribution is -2.22. The van der Waals surface area contributed by atoms with E-state index in [0.717, 1.165) is 6.07 Å². The highest BCUT2D eigenvalue weighted by molar-refractivity contribution is 6.04. The molecule has 0 bridgehead atoms. The first-order chi connectivity index (χ1) is 8.29. The van der Waals surface area contributed by atoms with Crippen LogP contribution in [-0.4, -0.2) is 11.9 Å². The van der Waals surface area contributed by atoms with Gasteiger partial charge in [-0.25, -0.2) is 9.18 Å². The van der Waals surface area contributed by atoms with Crippen molar-refractivity contribution in [3.63, 3.8) is 0 Å². The van der Waals surface area contributed by atoms with Crippen molar-refractivity contribution in [3.05, 3.63) is 35.1 Å². The number of hydrogen-bond donors (Lipinski definition) is 2. The predicted molar refractivity (Wildman–Crippen MR) is 50.8 cm³/mol. The summed E-state index contributed by atoms with van der Waals surface area (Å²) in [5, 5.41) is 4.00. The van der Waals surface area contributed by atoms with E-state index in [-0.39, 0.29) is 5.56 Å². The minimum atomic E-state index is -4.86. The molecule has 0 aromatic heterocycles. The lowest BCUT2D eigenvalue weighted by atomic mass is 10.0. The van der Waals surface area contributed by atoms with Gasteiger partial charge in [0.1, 0.15) is 11.9 Å². The number of benzene rings is 1. The van der Waals surface area contributed by atoms with Crippen molar-refractivity contribution >= 4 is 11.9 Å². The van der Waals surface area contributed by atoms with Gasteiger partial charge >= 0.3 is 12.2 Å². The molecule has 0 spiro atoms. The Labute approximate surface area is 98.0 Å². The van der Waals surface area contributed by atoms with Gasteiger partial charge in [0, 0.05) is 0 Å². The molecule has 1 atom stereocenters. The monoisotopic (exact) mass is 262 g/mol. The summed E-state index contributed by atoms with van der Waals surface area (Å²) in [7, 11) is 0. The highest BCUT2D eigenvalue weighted by Crippen LogP contribution is 2.33. The molecule has 1 saturated heterocycles. The van der Waals surface area contributed by atoms with Crippen LogP contribution >= 0.6 is 0 Å². The average molecular weight is 262 g/mol. The lowest BCUT2D eigenvalue weighted by Gasteiger charge is -2.12. The molecule has 1 unspecified atom stereocenters. The quantitative estimate of drug-likeness (QED) is 0.598. The number of halogens is 4. The molecule has 1 heterocycles. The average Bonchev–Trinajstić information content (AvgIpc) is 2.57. The van der Waals surface area contributed by atoms with E-state index >= 15 is 0 Å². The maximum Gasteiger partial charge on any atom is 0.419 e. The number of hydrogen-bond acceptors (Lipinski definition) is 2. The van der Waals surface area contributed by atoms with Crippen LogP contribution in [0.2, 0.25) is 0 Å². The van der Waals surface area contributed by atoms with E-state index in [4.69, 9.17) is 0 Å². The fraction of sp³-hybridized carbons (Fsp3) is 0.200. The second-order valence-electron chi connectivity index (χ2n) is 3.63. The summed E-state index contributed by atoms with van der Waals surface area (Å²) in [5.74, 6) is -2.21. The zero-order chi connectivity index (χ0) is 13.5. The number of carbonyl (C=O) groups is 2. The molecule has 3 amide bonds. The van der Waals surface area contributed by atoms with Gasteiger partial charge in [-0.05, 0) is 17.7 Å². The Bertz CT molecular complexity index is 527. The Morgan fingerprint density at radius 2 is 1.83 bits per heavy atom. The molecule has 4 nitrogen and oxygen atoms in total. The molecule has 0 saturated carbocycles. The van der Waals surface area contributed by atoms with Crippen LogP contribution in [0.15, 0.2) is 18.2 Å². The molecule has 8 heteroatoms. The Morgan fingerprint density at radius 1 is 1.17 bits per heavy atom. The van der Waals surface area contributed by atoms with Crippen molar-refractivity contribution in [3.8, 4) is 0 Å². The van der Waals surface area contributed by atoms with Crippen LogP contribution in [0, 0.1) is 5.82 Å². The fourth-order valence-electron chi connectivity index (χ4n) is 1.59. The summed E-state index contributed by atoms with van der Waals surface area (Å²) >= 11 is 0. The van der Waals surface area contributed by atoms with Gasteiger partial charge in [0.2, 0.25) is 0 Å². The van der Waals surface area contributed by atoms with E-state index in [9.17, 15) is 27.2 Å². The minimum absolute atomic E-state index is 0.132. The molecule has 1 aliphatic rings. The Morgan fingerprint density at radius 3 is 2.33 bits per heavy atom. The first-order valence-electron chi connectivity index (χ1n) is 4.77. The van der Waals surface area contributed by atoms with E-state index in [0.29, 0.717) is 12.1 Å². The lowest BCUT2D eigenvalue weighted by molar-refractivity contribution is -0.140. The van der Waals surface area contributed by atoms with Gasteiger partial charge in [-0.15, -0.1) is 0 Å². The summed E-state index contributed by atoms with van der Waals surface area (Å²) < 4.78 is 50.4. The molecule has 2 N–H and O–H groups in total. The van der Waals surface area contributed by atoms with E-state index in [1.54, 1.807) is 0 Å². The number of urea groups is 1. The third kappa shape index (κ3) is 2.13. The molecule has 1 aromatic rings. The van der Waals surface area contributed by atoms with Gasteiger partial charge < -0.3 is 5.32 Å². The summed E-state index contributed by atoms with van der Waals surface area (Å²) in [5.41, 5.74) is -1.61. The third-order valence-corrected chi connectivity index (χ3v) is 2.40. The number of nitrogens with one attached hydrogen (secondary N) is 2. The van der Waals surface area contributed by atoms with Gasteiger partial charge in [-0.2, -0.15) is 13.2 Å². The summed E-state index contributed by atoms with van der Waals surface area (Å²) in [6.07, 6.45) is -4.86. The van der Waals surface area contributed by atoms with E-state index in [2.05, 4.69) is 5.32 Å². The molecule has 18 heavy (non-hydrogen) atoms. The topological polar surface area (TPSA) is 58.2 Å². The molecule has 96 valence electrons. The number of carbonyl (C=O) groups excluding carboxylic acids is 2. The van der Waals surface area contributed by atoms with Crippen molar-refractivity contribution in [2.24, 2.45) is 0 Å². The van der Waals surface area contributed by atoms with Gasteiger partial charge in [0.25, 0.3) is 5.91 Å². The highest BCUT2D eigenvalue weighted by atomic mass is 19.4. The predicted octanol–water partition coefficient (Wildman–Crippen LogP) is 1.72. The maximum atomic E-state index is 13.0. The van der Waals surface area contributed by atoms with Crippen LogP contribution in [0.5, 0.6) is 0 Å². The Kier molecular flexibility index (Phi) is 2.72. The van der Waals surface area contributed by atoms with Gasteiger partial charge in [0.05, 0.1) is 5.56 Å². The second kappa shape index (κ2) is 3.97. The van der Waals surface area contributed by atoms with Crippen LogP contribution in [0.4, 0.5) is 22.4 Å². The second-order valence-corrected chi connectivity index (χ2v) is 3.63. The van der Waals surface area contributed by atoms with E-state index in [1.807, 2.05) is 5.32 Å². The Hall–Kier alpha value is -2.12. The van der Waals surface area contributed by atoms with Gasteiger partial charge in [0.15, 0.2) is 0 Å². The smallest absolute Gasteiger partial charge is 0.322 e. The van der Waals surface area contributed by atoms with Crippen molar-refractivity contribution in [2.75, 3.05) is 0 Å². The molecule has 1 fully saturated rings. The van der Waals surface area contributed by atoms with Crippen LogP contribution in [0.3, 0.4) is 0 Å². The van der Waals surface area contributed by atoms with Gasteiger partial charge in [-0.1, -0.05) is 6.07 Å². The highest BCUT2D eigenvalue weighted by Gasteiger charge is 2.37. The normalized spacial score (nSPS) is 19.7. The van der Waals surface area contributed by atoms with Crippen molar-refractivity contribution in [2.45, 2.75) is 12.2 Å². The molecular weight excluding hydrogens is 256 g/mol. The van der Waals surface area contributed by atoms with Gasteiger partial charge in [-0.3, -0.25) is 10.1 Å². The summed E-state index contributed by atoms with van der Waals surface area (Å²) in [6, 6.07) is 0.0868. The number of rotatable bonds is 1. The number of alkyl halides is 3. The van der Waals surface area contributed by atoms with E-state index in [1.165, 1.54) is 0 Å². The number of amides is 3. The Balaban J connectivity index is 2.42. The van der Waals surface area contributed by atoms with Crippen LogP contribution in [0.1, 0.15) is 17.2 Å². The molecule has 2 rings (SSSR count). The molecular formula is C10H6F4N2O2. The summed E-state index contributed by atoms with van der Waals surface area (Å²) in [4.78, 5) is 22.1. The van der Waals surface area contributed by atoms with Crippen LogP contribution in [-0.2, 0) is 11.0 Å². The molecule has 1 aromatic carbocycles. The first kappa shape index (κ1) is 12.3. The first-order valence-corrected chi connectivity index (χ1v) is 4.77. The maximum absolute atomic E-state index is 13.0. The third-order valence-electron chi connectivity index (χ3n) is 2.40. The molecule has 1 aliphatic heterocycles. The van der Waals surface area contributed by atoms with Crippen LogP contribution < -0.4 is 10.6 Å². The molecule has 0 aliphatic carbocycles. The minimum Gasteiger partial charge on any atom is -0.322 e. The standard InChI is InChI=1S/C10H6F4N2O2/c11-6-2-1-4(3-5(6)10(12,13)14)7-8(17)16-9(18)15-7/h1-3,7H,(H2,15,16,17,18). The summed E-state index contributed by atoms with van der Waals surface area (Å²) in [6.45, 7) is 0. The van der Waals surface area contributed by atoms with Crippen molar-refractivity contribution in [1.82, 2.24) is 10.6 Å². The number of imide groups is 1. The van der Waals surface area contributed by atoms with Crippen LogP contribution in [0.25, 0.3) is 0 Å². The fourth-order valence-corrected chi connectivity index (χ4v) is 1.59. The zero-order valence-electron chi connectivity index (χ0n) is 8.64. The molecule has 0 radical (unpaired) electrons. The van der Waals surface area contributed by atoms with Crippen molar-refractivity contribution in [1.29, 1.82) is 0 Å². The van der Waals surface area contributed by atoms with E-state index < -0.39 is 35.5 Å². The SMILES string of the molecule is O=C1NC(=O)C(c2ccc(F)c(C(F)(F)F)c2)N1. The largest absolute Gasteiger partial charge is 0.419 e. The zero-order valence-corrected chi connectivity index (χ0v) is 8.64. The van der Waals surface area contributed by atoms with Crippen molar-refractivity contribution < 1.29 is 27.2 Å².